The maximum Gasteiger partial charge on any atom is 0.246 e. The molecule has 1 atom stereocenters. The molecule has 0 spiro atoms. The van der Waals surface area contributed by atoms with Crippen molar-refractivity contribution in [3.8, 4) is 11.4 Å². The second-order valence-electron chi connectivity index (χ2n) is 3.26. The van der Waals surface area contributed by atoms with Crippen LogP contribution in [0.2, 0.25) is 0 Å². The fourth-order valence-corrected chi connectivity index (χ4v) is 1.21. The van der Waals surface area contributed by atoms with Crippen LogP contribution in [0.5, 0.6) is 0 Å². The third-order valence-electron chi connectivity index (χ3n) is 2.04. The van der Waals surface area contributed by atoms with Crippen LogP contribution in [0.4, 0.5) is 4.39 Å². The maximum absolute atomic E-state index is 12.9. The van der Waals surface area contributed by atoms with Crippen molar-refractivity contribution in [3.63, 3.8) is 0 Å². The lowest BCUT2D eigenvalue weighted by Gasteiger charge is -1.98. The van der Waals surface area contributed by atoms with Gasteiger partial charge >= 0.3 is 0 Å². The molecule has 1 aromatic heterocycles. The van der Waals surface area contributed by atoms with Gasteiger partial charge in [-0.2, -0.15) is 4.98 Å². The number of aliphatic hydroxyl groups excluding tert-OH is 1. The van der Waals surface area contributed by atoms with Gasteiger partial charge in [-0.3, -0.25) is 0 Å². The molecule has 0 unspecified atom stereocenters. The second kappa shape index (κ2) is 4.38. The van der Waals surface area contributed by atoms with Crippen molar-refractivity contribution in [2.45, 2.75) is 6.04 Å². The minimum atomic E-state index is -0.713. The Labute approximate surface area is 90.7 Å². The van der Waals surface area contributed by atoms with Crippen molar-refractivity contribution in [2.24, 2.45) is 5.73 Å². The quantitative estimate of drug-likeness (QED) is 0.806. The predicted molar refractivity (Wildman–Crippen MR) is 53.7 cm³/mol. The molecular formula is C10H10FN3O2. The van der Waals surface area contributed by atoms with E-state index in [9.17, 15) is 4.39 Å². The molecule has 0 saturated carbocycles. The van der Waals surface area contributed by atoms with Crippen molar-refractivity contribution in [2.75, 3.05) is 6.61 Å². The lowest BCUT2D eigenvalue weighted by Crippen LogP contribution is -2.14. The van der Waals surface area contributed by atoms with Crippen molar-refractivity contribution in [1.29, 1.82) is 0 Å². The Balaban J connectivity index is 2.31. The minimum Gasteiger partial charge on any atom is -0.394 e. The Bertz CT molecular complexity index is 486. The van der Waals surface area contributed by atoms with Gasteiger partial charge in [0.15, 0.2) is 0 Å². The molecule has 1 aromatic carbocycles. The molecule has 5 nitrogen and oxygen atoms in total. The van der Waals surface area contributed by atoms with Crippen LogP contribution in [0.1, 0.15) is 11.9 Å². The van der Waals surface area contributed by atoms with Crippen molar-refractivity contribution < 1.29 is 14.0 Å². The molecule has 0 aliphatic carbocycles. The molecule has 0 fully saturated rings. The zero-order valence-corrected chi connectivity index (χ0v) is 8.30. The minimum absolute atomic E-state index is 0.127. The van der Waals surface area contributed by atoms with Crippen LogP contribution in [0, 0.1) is 5.82 Å². The summed E-state index contributed by atoms with van der Waals surface area (Å²) in [6, 6.07) is 5.10. The molecule has 6 heteroatoms. The summed E-state index contributed by atoms with van der Waals surface area (Å²) in [6.45, 7) is -0.287. The molecule has 1 heterocycles. The van der Waals surface area contributed by atoms with Gasteiger partial charge in [-0.15, -0.1) is 0 Å². The summed E-state index contributed by atoms with van der Waals surface area (Å²) in [5.41, 5.74) is 6.00. The highest BCUT2D eigenvalue weighted by Crippen LogP contribution is 2.18. The summed E-state index contributed by atoms with van der Waals surface area (Å²) in [5, 5.41) is 12.5. The summed E-state index contributed by atoms with van der Waals surface area (Å²) < 4.78 is 17.8. The molecule has 0 aliphatic heterocycles. The van der Waals surface area contributed by atoms with E-state index in [4.69, 9.17) is 15.4 Å². The first-order valence-corrected chi connectivity index (χ1v) is 4.66. The maximum atomic E-state index is 12.9. The number of halogens is 1. The van der Waals surface area contributed by atoms with E-state index in [1.165, 1.54) is 12.1 Å². The third-order valence-corrected chi connectivity index (χ3v) is 2.04. The smallest absolute Gasteiger partial charge is 0.246 e. The fraction of sp³-hybridized carbons (Fsp3) is 0.200. The molecule has 0 radical (unpaired) electrons. The molecule has 3 N–H and O–H groups in total. The monoisotopic (exact) mass is 223 g/mol. The van der Waals surface area contributed by atoms with E-state index in [1.807, 2.05) is 0 Å². The fourth-order valence-electron chi connectivity index (χ4n) is 1.21. The van der Waals surface area contributed by atoms with E-state index in [1.54, 1.807) is 12.1 Å². The molecule has 84 valence electrons. The highest BCUT2D eigenvalue weighted by molar-refractivity contribution is 5.53. The van der Waals surface area contributed by atoms with E-state index < -0.39 is 6.04 Å². The standard InChI is InChI=1S/C10H10FN3O2/c11-7-3-1-2-6(4-7)9-13-10(16-14-9)8(12)5-15/h1-4,8,15H,5,12H2/t8-/m0/s1. The first-order valence-electron chi connectivity index (χ1n) is 4.66. The lowest BCUT2D eigenvalue weighted by atomic mass is 10.2. The molecule has 0 bridgehead atoms. The van der Waals surface area contributed by atoms with Crippen molar-refractivity contribution >= 4 is 0 Å². The first kappa shape index (κ1) is 10.7. The summed E-state index contributed by atoms with van der Waals surface area (Å²) in [6.07, 6.45) is 0. The molecule has 0 aliphatic rings. The summed E-state index contributed by atoms with van der Waals surface area (Å²) in [4.78, 5) is 3.96. The van der Waals surface area contributed by atoms with Gasteiger partial charge in [-0.05, 0) is 12.1 Å². The van der Waals surface area contributed by atoms with Crippen LogP contribution in [0.25, 0.3) is 11.4 Å². The Morgan fingerprint density at radius 3 is 3.00 bits per heavy atom. The van der Waals surface area contributed by atoms with Gasteiger partial charge in [0.25, 0.3) is 0 Å². The summed E-state index contributed by atoms with van der Waals surface area (Å²) >= 11 is 0. The Hall–Kier alpha value is -1.79. The molecule has 16 heavy (non-hydrogen) atoms. The van der Waals surface area contributed by atoms with Crippen LogP contribution in [-0.2, 0) is 0 Å². The van der Waals surface area contributed by atoms with Gasteiger partial charge in [-0.25, -0.2) is 4.39 Å². The highest BCUT2D eigenvalue weighted by Gasteiger charge is 2.14. The number of hydrogen-bond acceptors (Lipinski definition) is 5. The zero-order chi connectivity index (χ0) is 11.5. The third kappa shape index (κ3) is 2.07. The van der Waals surface area contributed by atoms with Gasteiger partial charge in [0, 0.05) is 5.56 Å². The molecule has 0 saturated heterocycles. The van der Waals surface area contributed by atoms with E-state index >= 15 is 0 Å². The number of aromatic nitrogens is 2. The van der Waals surface area contributed by atoms with Gasteiger partial charge in [-0.1, -0.05) is 17.3 Å². The Morgan fingerprint density at radius 1 is 1.50 bits per heavy atom. The number of nitrogens with two attached hydrogens (primary N) is 1. The largest absolute Gasteiger partial charge is 0.394 e. The SMILES string of the molecule is N[C@@H](CO)c1nc(-c2cccc(F)c2)no1. The lowest BCUT2D eigenvalue weighted by molar-refractivity contribution is 0.237. The van der Waals surface area contributed by atoms with Gasteiger partial charge in [0.05, 0.1) is 6.61 Å². The van der Waals surface area contributed by atoms with E-state index in [0.29, 0.717) is 5.56 Å². The topological polar surface area (TPSA) is 85.2 Å². The number of rotatable bonds is 3. The number of aliphatic hydroxyl groups is 1. The molecule has 0 amide bonds. The average molecular weight is 223 g/mol. The summed E-state index contributed by atoms with van der Waals surface area (Å²) in [5.74, 6) is -0.00420. The Morgan fingerprint density at radius 2 is 2.31 bits per heavy atom. The highest BCUT2D eigenvalue weighted by atomic mass is 19.1. The van der Waals surface area contributed by atoms with Gasteiger partial charge in [0.2, 0.25) is 11.7 Å². The van der Waals surface area contributed by atoms with Crippen LogP contribution >= 0.6 is 0 Å². The normalized spacial score (nSPS) is 12.7. The average Bonchev–Trinajstić information content (AvgIpc) is 2.77. The van der Waals surface area contributed by atoms with E-state index in [-0.39, 0.29) is 24.1 Å². The van der Waals surface area contributed by atoms with Crippen LogP contribution in [0.15, 0.2) is 28.8 Å². The Kier molecular flexibility index (Phi) is 2.93. The van der Waals surface area contributed by atoms with Gasteiger partial charge < -0.3 is 15.4 Å². The zero-order valence-electron chi connectivity index (χ0n) is 8.30. The molecule has 2 aromatic rings. The predicted octanol–water partition coefficient (Wildman–Crippen LogP) is 0.868. The van der Waals surface area contributed by atoms with Crippen molar-refractivity contribution in [3.05, 3.63) is 36.0 Å². The van der Waals surface area contributed by atoms with Crippen LogP contribution < -0.4 is 5.73 Å². The van der Waals surface area contributed by atoms with Crippen LogP contribution in [-0.4, -0.2) is 21.9 Å². The number of benzene rings is 1. The van der Waals surface area contributed by atoms with Crippen molar-refractivity contribution in [1.82, 2.24) is 10.1 Å². The van der Waals surface area contributed by atoms with E-state index in [0.717, 1.165) is 0 Å². The molecular weight excluding hydrogens is 213 g/mol. The number of hydrogen-bond donors (Lipinski definition) is 2. The van der Waals surface area contributed by atoms with Gasteiger partial charge in [0.1, 0.15) is 11.9 Å². The second-order valence-corrected chi connectivity index (χ2v) is 3.26. The number of nitrogens with zero attached hydrogens (tertiary/aromatic N) is 2. The first-order chi connectivity index (χ1) is 7.70. The molecule has 2 rings (SSSR count). The van der Waals surface area contributed by atoms with Crippen LogP contribution in [0.3, 0.4) is 0 Å². The summed E-state index contributed by atoms with van der Waals surface area (Å²) in [7, 11) is 0. The van der Waals surface area contributed by atoms with E-state index in [2.05, 4.69) is 10.1 Å².